The third kappa shape index (κ3) is 4.46. The van der Waals surface area contributed by atoms with Gasteiger partial charge in [-0.3, -0.25) is 9.59 Å². The van der Waals surface area contributed by atoms with Gasteiger partial charge in [-0.25, -0.2) is 0 Å². The van der Waals surface area contributed by atoms with Crippen LogP contribution in [0.4, 0.5) is 0 Å². The summed E-state index contributed by atoms with van der Waals surface area (Å²) in [5.41, 5.74) is 7.26. The molecule has 7 heteroatoms. The number of hydrogen-bond donors (Lipinski definition) is 4. The molecule has 3 aromatic rings. The highest BCUT2D eigenvalue weighted by molar-refractivity contribution is 5.96. The summed E-state index contributed by atoms with van der Waals surface area (Å²) >= 11 is 0. The summed E-state index contributed by atoms with van der Waals surface area (Å²) in [6.07, 6.45) is 5.04. The first-order valence-electron chi connectivity index (χ1n) is 8.32. The van der Waals surface area contributed by atoms with Crippen molar-refractivity contribution in [3.8, 4) is 11.5 Å². The normalized spacial score (nSPS) is 11.0. The molecule has 0 bridgehead atoms. The van der Waals surface area contributed by atoms with Crippen molar-refractivity contribution in [3.05, 3.63) is 65.9 Å². The average Bonchev–Trinajstić information content (AvgIpc) is 3.07. The lowest BCUT2D eigenvalue weighted by atomic mass is 10.1. The summed E-state index contributed by atoms with van der Waals surface area (Å²) in [7, 11) is 0. The van der Waals surface area contributed by atoms with E-state index in [0.29, 0.717) is 0 Å². The number of carbonyl (C=O) groups excluding carboxylic acids is 2. The van der Waals surface area contributed by atoms with E-state index in [2.05, 4.69) is 10.3 Å². The second-order valence-electron chi connectivity index (χ2n) is 5.81. The van der Waals surface area contributed by atoms with Crippen LogP contribution < -0.4 is 15.8 Å². The highest BCUT2D eigenvalue weighted by Gasteiger charge is 2.07. The molecule has 0 fully saturated rings. The lowest BCUT2D eigenvalue weighted by molar-refractivity contribution is -0.116. The summed E-state index contributed by atoms with van der Waals surface area (Å²) in [5.74, 6) is -0.858. The van der Waals surface area contributed by atoms with Crippen LogP contribution in [0.25, 0.3) is 17.0 Å². The number of phenols is 1. The minimum Gasteiger partial charge on any atom is -0.504 e. The number of nitrogens with two attached hydrogens (primary N) is 1. The molecule has 5 N–H and O–H groups in total. The number of ether oxygens (including phenoxy) is 1. The van der Waals surface area contributed by atoms with Gasteiger partial charge in [0.2, 0.25) is 11.8 Å². The Morgan fingerprint density at radius 1 is 1.22 bits per heavy atom. The Bertz CT molecular complexity index is 1010. The molecule has 7 nitrogen and oxygen atoms in total. The maximum absolute atomic E-state index is 11.9. The van der Waals surface area contributed by atoms with Gasteiger partial charge in [-0.2, -0.15) is 0 Å². The minimum absolute atomic E-state index is 0.163. The molecule has 0 saturated carbocycles. The molecule has 0 atom stereocenters. The zero-order valence-electron chi connectivity index (χ0n) is 14.4. The first-order valence-corrected chi connectivity index (χ1v) is 8.32. The molecular formula is C20H19N3O4. The number of phenolic OH excluding ortho intramolecular Hbond substituents is 1. The number of para-hydroxylation sites is 1. The van der Waals surface area contributed by atoms with Crippen LogP contribution in [0.2, 0.25) is 0 Å². The maximum Gasteiger partial charge on any atom is 0.248 e. The van der Waals surface area contributed by atoms with Crippen molar-refractivity contribution in [2.24, 2.45) is 5.73 Å². The van der Waals surface area contributed by atoms with E-state index in [-0.39, 0.29) is 36.1 Å². The Labute approximate surface area is 155 Å². The molecule has 0 aliphatic heterocycles. The van der Waals surface area contributed by atoms with E-state index in [1.54, 1.807) is 6.08 Å². The van der Waals surface area contributed by atoms with E-state index in [4.69, 9.17) is 10.5 Å². The SMILES string of the molecule is NC(=O)c1ccc(OCCNC(=O)/C=C/c2c[nH]c3ccccc23)c(O)c1. The fourth-order valence-corrected chi connectivity index (χ4v) is 2.58. The fourth-order valence-electron chi connectivity index (χ4n) is 2.58. The number of rotatable bonds is 7. The summed E-state index contributed by atoms with van der Waals surface area (Å²) < 4.78 is 5.38. The average molecular weight is 365 g/mol. The maximum atomic E-state index is 11.9. The first kappa shape index (κ1) is 18.1. The molecule has 0 aliphatic carbocycles. The van der Waals surface area contributed by atoms with E-state index >= 15 is 0 Å². The van der Waals surface area contributed by atoms with Gasteiger partial charge in [0.05, 0.1) is 6.54 Å². The van der Waals surface area contributed by atoms with Crippen LogP contribution in [0.3, 0.4) is 0 Å². The Morgan fingerprint density at radius 2 is 2.04 bits per heavy atom. The van der Waals surface area contributed by atoms with E-state index in [1.807, 2.05) is 30.5 Å². The molecule has 1 aromatic heterocycles. The highest BCUT2D eigenvalue weighted by Crippen LogP contribution is 2.26. The lowest BCUT2D eigenvalue weighted by Gasteiger charge is -2.09. The van der Waals surface area contributed by atoms with E-state index in [1.165, 1.54) is 24.3 Å². The summed E-state index contributed by atoms with van der Waals surface area (Å²) in [6, 6.07) is 12.0. The van der Waals surface area contributed by atoms with Gasteiger partial charge in [0.25, 0.3) is 0 Å². The van der Waals surface area contributed by atoms with Gasteiger partial charge in [0.1, 0.15) is 6.61 Å². The van der Waals surface area contributed by atoms with Crippen molar-refractivity contribution in [1.29, 1.82) is 0 Å². The molecule has 3 rings (SSSR count). The molecular weight excluding hydrogens is 346 g/mol. The van der Waals surface area contributed by atoms with Gasteiger partial charge in [-0.05, 0) is 35.9 Å². The Morgan fingerprint density at radius 3 is 2.81 bits per heavy atom. The van der Waals surface area contributed by atoms with Crippen LogP contribution in [0, 0.1) is 0 Å². The molecule has 0 unspecified atom stereocenters. The molecule has 0 saturated heterocycles. The van der Waals surface area contributed by atoms with Gasteiger partial charge in [0.15, 0.2) is 11.5 Å². The van der Waals surface area contributed by atoms with Crippen molar-refractivity contribution < 1.29 is 19.4 Å². The molecule has 138 valence electrons. The zero-order valence-corrected chi connectivity index (χ0v) is 14.4. The first-order chi connectivity index (χ1) is 13.0. The van der Waals surface area contributed by atoms with E-state index < -0.39 is 5.91 Å². The van der Waals surface area contributed by atoms with Crippen molar-refractivity contribution in [2.45, 2.75) is 0 Å². The number of aromatic nitrogens is 1. The predicted molar refractivity (Wildman–Crippen MR) is 102 cm³/mol. The third-order valence-electron chi connectivity index (χ3n) is 3.94. The lowest BCUT2D eigenvalue weighted by Crippen LogP contribution is -2.26. The summed E-state index contributed by atoms with van der Waals surface area (Å²) in [5, 5.41) is 13.5. The molecule has 0 aliphatic rings. The van der Waals surface area contributed by atoms with E-state index in [0.717, 1.165) is 16.5 Å². The van der Waals surface area contributed by atoms with Crippen LogP contribution in [-0.4, -0.2) is 35.1 Å². The molecule has 2 aromatic carbocycles. The van der Waals surface area contributed by atoms with Crippen LogP contribution >= 0.6 is 0 Å². The fraction of sp³-hybridized carbons (Fsp3) is 0.100. The molecule has 0 radical (unpaired) electrons. The van der Waals surface area contributed by atoms with Crippen LogP contribution in [0.5, 0.6) is 11.5 Å². The number of amides is 2. The highest BCUT2D eigenvalue weighted by atomic mass is 16.5. The number of carbonyl (C=O) groups is 2. The van der Waals surface area contributed by atoms with Crippen LogP contribution in [0.15, 0.2) is 54.7 Å². The van der Waals surface area contributed by atoms with Gasteiger partial charge in [-0.1, -0.05) is 18.2 Å². The Kier molecular flexibility index (Phi) is 5.41. The number of nitrogens with one attached hydrogen (secondary N) is 2. The van der Waals surface area contributed by atoms with Gasteiger partial charge in [-0.15, -0.1) is 0 Å². The number of benzene rings is 2. The second-order valence-corrected chi connectivity index (χ2v) is 5.81. The van der Waals surface area contributed by atoms with Gasteiger partial charge >= 0.3 is 0 Å². The molecule has 2 amide bonds. The number of H-pyrrole nitrogens is 1. The third-order valence-corrected chi connectivity index (χ3v) is 3.94. The number of aromatic hydroxyl groups is 1. The van der Waals surface area contributed by atoms with E-state index in [9.17, 15) is 14.7 Å². The number of hydrogen-bond acceptors (Lipinski definition) is 4. The Balaban J connectivity index is 1.48. The van der Waals surface area contributed by atoms with Crippen molar-refractivity contribution in [3.63, 3.8) is 0 Å². The smallest absolute Gasteiger partial charge is 0.248 e. The molecule has 1 heterocycles. The van der Waals surface area contributed by atoms with Crippen molar-refractivity contribution >= 4 is 28.8 Å². The number of fused-ring (bicyclic) bond motifs is 1. The van der Waals surface area contributed by atoms with Gasteiger partial charge in [0, 0.05) is 28.7 Å². The second kappa shape index (κ2) is 8.09. The zero-order chi connectivity index (χ0) is 19.2. The minimum atomic E-state index is -0.633. The molecule has 27 heavy (non-hydrogen) atoms. The largest absolute Gasteiger partial charge is 0.504 e. The van der Waals surface area contributed by atoms with Crippen molar-refractivity contribution in [1.82, 2.24) is 10.3 Å². The molecule has 0 spiro atoms. The number of aromatic amines is 1. The summed E-state index contributed by atoms with van der Waals surface area (Å²) in [6.45, 7) is 0.421. The Hall–Kier alpha value is -3.74. The van der Waals surface area contributed by atoms with Gasteiger partial charge < -0.3 is 25.9 Å². The van der Waals surface area contributed by atoms with Crippen LogP contribution in [0.1, 0.15) is 15.9 Å². The number of primary amides is 1. The standard InChI is InChI=1S/C20H19N3O4/c21-20(26)13-5-7-18(17(24)11-13)27-10-9-22-19(25)8-6-14-12-23-16-4-2-1-3-15(14)16/h1-8,11-12,23-24H,9-10H2,(H2,21,26)(H,22,25)/b8-6+. The summed E-state index contributed by atoms with van der Waals surface area (Å²) in [4.78, 5) is 26.1. The monoisotopic (exact) mass is 365 g/mol. The topological polar surface area (TPSA) is 117 Å². The van der Waals surface area contributed by atoms with Crippen molar-refractivity contribution in [2.75, 3.05) is 13.2 Å². The van der Waals surface area contributed by atoms with Crippen LogP contribution in [-0.2, 0) is 4.79 Å². The predicted octanol–water partition coefficient (Wildman–Crippen LogP) is 2.18. The quantitative estimate of drug-likeness (QED) is 0.379.